The zero-order chi connectivity index (χ0) is 13.8. The van der Waals surface area contributed by atoms with Gasteiger partial charge in [0.05, 0.1) is 7.11 Å². The van der Waals surface area contributed by atoms with E-state index >= 15 is 0 Å². The van der Waals surface area contributed by atoms with E-state index in [0.29, 0.717) is 23.3 Å². The topological polar surface area (TPSA) is 50.4 Å². The lowest BCUT2D eigenvalue weighted by Gasteiger charge is -2.36. The van der Waals surface area contributed by atoms with Crippen molar-refractivity contribution in [2.24, 2.45) is 5.92 Å². The van der Waals surface area contributed by atoms with Crippen LogP contribution in [0.5, 0.6) is 5.75 Å². The highest BCUT2D eigenvalue weighted by atomic mass is 16.5. The van der Waals surface area contributed by atoms with Gasteiger partial charge in [-0.3, -0.25) is 4.79 Å². The van der Waals surface area contributed by atoms with Gasteiger partial charge >= 0.3 is 0 Å². The molecule has 1 aliphatic rings. The van der Waals surface area contributed by atoms with Crippen molar-refractivity contribution in [2.45, 2.75) is 32.4 Å². The summed E-state index contributed by atoms with van der Waals surface area (Å²) in [5, 5.41) is 6.53. The highest BCUT2D eigenvalue weighted by Crippen LogP contribution is 2.18. The van der Waals surface area contributed by atoms with Crippen LogP contribution in [0.25, 0.3) is 0 Å². The van der Waals surface area contributed by atoms with Crippen LogP contribution in [0.15, 0.2) is 24.3 Å². The Morgan fingerprint density at radius 3 is 2.89 bits per heavy atom. The Hall–Kier alpha value is -1.55. The lowest BCUT2D eigenvalue weighted by Crippen LogP contribution is -2.55. The molecule has 0 bridgehead atoms. The summed E-state index contributed by atoms with van der Waals surface area (Å²) in [6.07, 6.45) is 1.09. The summed E-state index contributed by atoms with van der Waals surface area (Å²) < 4.78 is 5.14. The van der Waals surface area contributed by atoms with E-state index in [-0.39, 0.29) is 11.9 Å². The molecular weight excluding hydrogens is 240 g/mol. The largest absolute Gasteiger partial charge is 0.497 e. The lowest BCUT2D eigenvalue weighted by molar-refractivity contribution is 0.0897. The molecule has 4 nitrogen and oxygen atoms in total. The molecule has 1 fully saturated rings. The first-order chi connectivity index (χ1) is 9.11. The summed E-state index contributed by atoms with van der Waals surface area (Å²) in [5.41, 5.74) is 0.643. The summed E-state index contributed by atoms with van der Waals surface area (Å²) in [4.78, 5) is 12.3. The quantitative estimate of drug-likeness (QED) is 0.873. The predicted octanol–water partition coefficient (Wildman–Crippen LogP) is 1.81. The Morgan fingerprint density at radius 2 is 2.21 bits per heavy atom. The second-order valence-electron chi connectivity index (χ2n) is 5.24. The molecule has 2 rings (SSSR count). The van der Waals surface area contributed by atoms with Gasteiger partial charge in [-0.05, 0) is 44.0 Å². The first-order valence-electron chi connectivity index (χ1n) is 6.80. The lowest BCUT2D eigenvalue weighted by atomic mass is 9.89. The second-order valence-corrected chi connectivity index (χ2v) is 5.24. The van der Waals surface area contributed by atoms with Crippen molar-refractivity contribution in [1.82, 2.24) is 10.6 Å². The number of hydrogen-bond acceptors (Lipinski definition) is 3. The third-order valence-electron chi connectivity index (χ3n) is 3.85. The number of hydrogen-bond donors (Lipinski definition) is 2. The van der Waals surface area contributed by atoms with Crippen molar-refractivity contribution < 1.29 is 9.53 Å². The normalized spacial score (nSPS) is 26.8. The van der Waals surface area contributed by atoms with Gasteiger partial charge in [-0.25, -0.2) is 0 Å². The molecule has 3 atom stereocenters. The maximum atomic E-state index is 12.3. The van der Waals surface area contributed by atoms with E-state index < -0.39 is 0 Å². The average Bonchev–Trinajstić information content (AvgIpc) is 2.43. The minimum atomic E-state index is -0.0358. The maximum Gasteiger partial charge on any atom is 0.251 e. The van der Waals surface area contributed by atoms with E-state index in [1.807, 2.05) is 18.2 Å². The van der Waals surface area contributed by atoms with Crippen LogP contribution in [-0.4, -0.2) is 31.6 Å². The Bertz CT molecular complexity index is 438. The fraction of sp³-hybridized carbons (Fsp3) is 0.533. The van der Waals surface area contributed by atoms with Crippen LogP contribution in [-0.2, 0) is 0 Å². The van der Waals surface area contributed by atoms with E-state index in [4.69, 9.17) is 4.74 Å². The first-order valence-corrected chi connectivity index (χ1v) is 6.80. The molecule has 0 spiro atoms. The molecule has 1 heterocycles. The molecule has 0 aliphatic carbocycles. The Morgan fingerprint density at radius 1 is 1.42 bits per heavy atom. The highest BCUT2D eigenvalue weighted by molar-refractivity contribution is 5.94. The summed E-state index contributed by atoms with van der Waals surface area (Å²) in [6, 6.07) is 7.72. The molecule has 1 aromatic carbocycles. The van der Waals surface area contributed by atoms with Crippen molar-refractivity contribution in [1.29, 1.82) is 0 Å². The van der Waals surface area contributed by atoms with Crippen LogP contribution >= 0.6 is 0 Å². The van der Waals surface area contributed by atoms with E-state index in [1.54, 1.807) is 13.2 Å². The summed E-state index contributed by atoms with van der Waals surface area (Å²) in [5.74, 6) is 1.16. The molecule has 0 aromatic heterocycles. The zero-order valence-corrected chi connectivity index (χ0v) is 11.8. The van der Waals surface area contributed by atoms with E-state index in [0.717, 1.165) is 13.0 Å². The molecule has 0 saturated carbocycles. The van der Waals surface area contributed by atoms with Crippen molar-refractivity contribution >= 4 is 5.91 Å². The predicted molar refractivity (Wildman–Crippen MR) is 75.5 cm³/mol. The van der Waals surface area contributed by atoms with E-state index in [1.165, 1.54) is 0 Å². The molecule has 1 aromatic rings. The van der Waals surface area contributed by atoms with Gasteiger partial charge in [-0.15, -0.1) is 0 Å². The first kappa shape index (κ1) is 13.9. The van der Waals surface area contributed by atoms with Gasteiger partial charge in [-0.1, -0.05) is 13.0 Å². The van der Waals surface area contributed by atoms with Gasteiger partial charge in [-0.2, -0.15) is 0 Å². The fourth-order valence-corrected chi connectivity index (χ4v) is 2.60. The van der Waals surface area contributed by atoms with E-state index in [9.17, 15) is 4.79 Å². The van der Waals surface area contributed by atoms with Crippen LogP contribution in [0.2, 0.25) is 0 Å². The monoisotopic (exact) mass is 262 g/mol. The molecule has 2 N–H and O–H groups in total. The van der Waals surface area contributed by atoms with Crippen molar-refractivity contribution in [2.75, 3.05) is 13.7 Å². The number of nitrogens with one attached hydrogen (secondary N) is 2. The second kappa shape index (κ2) is 6.06. The van der Waals surface area contributed by atoms with Crippen LogP contribution in [0.1, 0.15) is 30.6 Å². The molecule has 19 heavy (non-hydrogen) atoms. The third-order valence-corrected chi connectivity index (χ3v) is 3.85. The van der Waals surface area contributed by atoms with Crippen LogP contribution < -0.4 is 15.4 Å². The van der Waals surface area contributed by atoms with Crippen LogP contribution in [0.3, 0.4) is 0 Å². The van der Waals surface area contributed by atoms with Gasteiger partial charge < -0.3 is 15.4 Å². The number of amides is 1. The Kier molecular flexibility index (Phi) is 4.43. The SMILES string of the molecule is COc1cccc(C(=O)NC2C(C)CCNC2C)c1. The molecule has 4 heteroatoms. The number of benzene rings is 1. The molecule has 1 aliphatic heterocycles. The molecular formula is C15H22N2O2. The van der Waals surface area contributed by atoms with Gasteiger partial charge in [0.15, 0.2) is 0 Å². The molecule has 104 valence electrons. The van der Waals surface area contributed by atoms with Crippen LogP contribution in [0, 0.1) is 5.92 Å². The fourth-order valence-electron chi connectivity index (χ4n) is 2.60. The number of methoxy groups -OCH3 is 1. The van der Waals surface area contributed by atoms with Crippen LogP contribution in [0.4, 0.5) is 0 Å². The van der Waals surface area contributed by atoms with E-state index in [2.05, 4.69) is 24.5 Å². The number of ether oxygens (including phenoxy) is 1. The molecule has 1 saturated heterocycles. The highest BCUT2D eigenvalue weighted by Gasteiger charge is 2.28. The number of carbonyl (C=O) groups excluding carboxylic acids is 1. The Balaban J connectivity index is 2.07. The van der Waals surface area contributed by atoms with Crippen molar-refractivity contribution in [3.63, 3.8) is 0 Å². The van der Waals surface area contributed by atoms with Gasteiger partial charge in [0.1, 0.15) is 5.75 Å². The number of piperidine rings is 1. The minimum absolute atomic E-state index is 0.0358. The molecule has 3 unspecified atom stereocenters. The minimum Gasteiger partial charge on any atom is -0.497 e. The molecule has 0 radical (unpaired) electrons. The summed E-state index contributed by atoms with van der Waals surface area (Å²) in [6.45, 7) is 5.33. The smallest absolute Gasteiger partial charge is 0.251 e. The van der Waals surface area contributed by atoms with Gasteiger partial charge in [0, 0.05) is 17.6 Å². The van der Waals surface area contributed by atoms with Crippen molar-refractivity contribution in [3.05, 3.63) is 29.8 Å². The maximum absolute atomic E-state index is 12.3. The Labute approximate surface area is 114 Å². The number of carbonyl (C=O) groups is 1. The van der Waals surface area contributed by atoms with Crippen molar-refractivity contribution in [3.8, 4) is 5.75 Å². The van der Waals surface area contributed by atoms with Gasteiger partial charge in [0.2, 0.25) is 0 Å². The van der Waals surface area contributed by atoms with Gasteiger partial charge in [0.25, 0.3) is 5.91 Å². The summed E-state index contributed by atoms with van der Waals surface area (Å²) >= 11 is 0. The average molecular weight is 262 g/mol. The molecule has 1 amide bonds. The standard InChI is InChI=1S/C15H22N2O2/c1-10-7-8-16-11(2)14(10)17-15(18)12-5-4-6-13(9-12)19-3/h4-6,9-11,14,16H,7-8H2,1-3H3,(H,17,18). The third kappa shape index (κ3) is 3.26. The summed E-state index contributed by atoms with van der Waals surface area (Å²) in [7, 11) is 1.60. The number of rotatable bonds is 3. The zero-order valence-electron chi connectivity index (χ0n) is 11.8.